The van der Waals surface area contributed by atoms with Crippen LogP contribution in [0.4, 0.5) is 5.69 Å². The Balaban J connectivity index is 1.94. The zero-order chi connectivity index (χ0) is 21.0. The molecule has 0 atom stereocenters. The predicted octanol–water partition coefficient (Wildman–Crippen LogP) is 3.05. The second kappa shape index (κ2) is 8.73. The lowest BCUT2D eigenvalue weighted by Crippen LogP contribution is -2.47. The molecule has 0 unspecified atom stereocenters. The van der Waals surface area contributed by atoms with Crippen LogP contribution in [0.5, 0.6) is 11.5 Å². The molecule has 0 bridgehead atoms. The SMILES string of the molecule is C=CCc1ccccc1Oc1ccc(S(=O)(=O)N2CCN(C)CC2)cc1[N+](=O)[O-]. The van der Waals surface area contributed by atoms with Gasteiger partial charge in [-0.05, 0) is 37.2 Å². The first-order valence-corrected chi connectivity index (χ1v) is 10.6. The molecule has 0 radical (unpaired) electrons. The van der Waals surface area contributed by atoms with Crippen molar-refractivity contribution in [2.45, 2.75) is 11.3 Å². The zero-order valence-corrected chi connectivity index (χ0v) is 17.0. The van der Waals surface area contributed by atoms with Crippen LogP contribution in [0.3, 0.4) is 0 Å². The van der Waals surface area contributed by atoms with Gasteiger partial charge >= 0.3 is 5.69 Å². The summed E-state index contributed by atoms with van der Waals surface area (Å²) in [6.07, 6.45) is 2.25. The normalized spacial score (nSPS) is 15.8. The molecule has 154 valence electrons. The van der Waals surface area contributed by atoms with Gasteiger partial charge in [0.15, 0.2) is 0 Å². The molecule has 8 nitrogen and oxygen atoms in total. The van der Waals surface area contributed by atoms with E-state index in [0.717, 1.165) is 11.6 Å². The molecule has 1 heterocycles. The largest absolute Gasteiger partial charge is 0.450 e. The molecule has 0 spiro atoms. The van der Waals surface area contributed by atoms with Crippen molar-refractivity contribution in [2.24, 2.45) is 0 Å². The fourth-order valence-electron chi connectivity index (χ4n) is 3.11. The summed E-state index contributed by atoms with van der Waals surface area (Å²) >= 11 is 0. The van der Waals surface area contributed by atoms with Gasteiger partial charge in [0.2, 0.25) is 15.8 Å². The third kappa shape index (κ3) is 4.64. The van der Waals surface area contributed by atoms with Gasteiger partial charge in [0.1, 0.15) is 5.75 Å². The second-order valence-corrected chi connectivity index (χ2v) is 8.73. The molecule has 3 rings (SSSR count). The number of allylic oxidation sites excluding steroid dienone is 1. The number of sulfonamides is 1. The maximum absolute atomic E-state index is 12.9. The van der Waals surface area contributed by atoms with Gasteiger partial charge < -0.3 is 9.64 Å². The molecule has 29 heavy (non-hydrogen) atoms. The third-order valence-electron chi connectivity index (χ3n) is 4.78. The summed E-state index contributed by atoms with van der Waals surface area (Å²) in [5.41, 5.74) is 0.430. The molecule has 0 N–H and O–H groups in total. The lowest BCUT2D eigenvalue weighted by molar-refractivity contribution is -0.385. The van der Waals surface area contributed by atoms with Crippen molar-refractivity contribution in [2.75, 3.05) is 33.2 Å². The number of para-hydroxylation sites is 1. The monoisotopic (exact) mass is 417 g/mol. The van der Waals surface area contributed by atoms with E-state index in [9.17, 15) is 18.5 Å². The summed E-state index contributed by atoms with van der Waals surface area (Å²) in [5, 5.41) is 11.6. The highest BCUT2D eigenvalue weighted by atomic mass is 32.2. The fourth-order valence-corrected chi connectivity index (χ4v) is 4.55. The minimum absolute atomic E-state index is 0.0103. The first-order chi connectivity index (χ1) is 13.8. The van der Waals surface area contributed by atoms with Crippen LogP contribution in [-0.2, 0) is 16.4 Å². The van der Waals surface area contributed by atoms with Crippen LogP contribution in [0.1, 0.15) is 5.56 Å². The van der Waals surface area contributed by atoms with Crippen molar-refractivity contribution in [3.8, 4) is 11.5 Å². The first-order valence-electron chi connectivity index (χ1n) is 9.16. The molecule has 0 aromatic heterocycles. The van der Waals surface area contributed by atoms with E-state index in [-0.39, 0.29) is 10.6 Å². The van der Waals surface area contributed by atoms with Gasteiger partial charge in [0.05, 0.1) is 9.82 Å². The number of ether oxygens (including phenoxy) is 1. The van der Waals surface area contributed by atoms with Crippen LogP contribution >= 0.6 is 0 Å². The average Bonchev–Trinajstić information content (AvgIpc) is 2.70. The van der Waals surface area contributed by atoms with Gasteiger partial charge in [0.25, 0.3) is 0 Å². The number of hydrogen-bond acceptors (Lipinski definition) is 6. The molecule has 1 fully saturated rings. The highest BCUT2D eigenvalue weighted by Gasteiger charge is 2.30. The van der Waals surface area contributed by atoms with Gasteiger partial charge in [-0.2, -0.15) is 4.31 Å². The lowest BCUT2D eigenvalue weighted by atomic mass is 10.1. The second-order valence-electron chi connectivity index (χ2n) is 6.80. The van der Waals surface area contributed by atoms with Crippen LogP contribution in [0, 0.1) is 10.1 Å². The Kier molecular flexibility index (Phi) is 6.31. The molecule has 2 aromatic carbocycles. The first kappa shape index (κ1) is 21.0. The van der Waals surface area contributed by atoms with E-state index in [2.05, 4.69) is 6.58 Å². The Morgan fingerprint density at radius 3 is 2.48 bits per heavy atom. The Hall–Kier alpha value is -2.75. The summed E-state index contributed by atoms with van der Waals surface area (Å²) in [5.74, 6) is 0.453. The lowest BCUT2D eigenvalue weighted by Gasteiger charge is -2.31. The maximum atomic E-state index is 12.9. The van der Waals surface area contributed by atoms with Crippen molar-refractivity contribution in [3.05, 3.63) is 70.8 Å². The molecule has 0 aliphatic carbocycles. The quantitative estimate of drug-likeness (QED) is 0.391. The van der Waals surface area contributed by atoms with Crippen molar-refractivity contribution in [1.82, 2.24) is 9.21 Å². The van der Waals surface area contributed by atoms with E-state index in [4.69, 9.17) is 4.74 Å². The predicted molar refractivity (Wildman–Crippen MR) is 110 cm³/mol. The number of nitro benzene ring substituents is 1. The van der Waals surface area contributed by atoms with Crippen LogP contribution in [0.2, 0.25) is 0 Å². The van der Waals surface area contributed by atoms with Gasteiger partial charge in [-0.15, -0.1) is 6.58 Å². The van der Waals surface area contributed by atoms with Gasteiger partial charge in [-0.25, -0.2) is 8.42 Å². The van der Waals surface area contributed by atoms with Gasteiger partial charge in [-0.1, -0.05) is 24.3 Å². The number of hydrogen-bond donors (Lipinski definition) is 0. The fraction of sp³-hybridized carbons (Fsp3) is 0.300. The highest BCUT2D eigenvalue weighted by molar-refractivity contribution is 7.89. The Labute approximate surface area is 170 Å². The summed E-state index contributed by atoms with van der Waals surface area (Å²) in [6.45, 7) is 5.62. The standard InChI is InChI=1S/C20H23N3O5S/c1-3-6-16-7-4-5-8-19(16)28-20-10-9-17(15-18(20)23(24)25)29(26,27)22-13-11-21(2)12-14-22/h3-5,7-10,15H,1,6,11-14H2,2H3. The number of likely N-dealkylation sites (N-methyl/N-ethyl adjacent to an activating group) is 1. The van der Waals surface area contributed by atoms with Crippen molar-refractivity contribution < 1.29 is 18.1 Å². The van der Waals surface area contributed by atoms with Gasteiger partial charge in [-0.3, -0.25) is 10.1 Å². The number of nitro groups is 1. The minimum atomic E-state index is -3.81. The molecule has 0 amide bonds. The summed E-state index contributed by atoms with van der Waals surface area (Å²) in [4.78, 5) is 12.9. The summed E-state index contributed by atoms with van der Waals surface area (Å²) in [7, 11) is -1.89. The van der Waals surface area contributed by atoms with E-state index in [0.29, 0.717) is 38.3 Å². The van der Waals surface area contributed by atoms with Crippen LogP contribution in [0.25, 0.3) is 0 Å². The van der Waals surface area contributed by atoms with E-state index < -0.39 is 20.6 Å². The Bertz CT molecular complexity index is 1010. The molecule has 0 saturated carbocycles. The van der Waals surface area contributed by atoms with Crippen molar-refractivity contribution in [3.63, 3.8) is 0 Å². The number of piperazine rings is 1. The molecular weight excluding hydrogens is 394 g/mol. The van der Waals surface area contributed by atoms with E-state index in [1.54, 1.807) is 18.2 Å². The third-order valence-corrected chi connectivity index (χ3v) is 6.68. The average molecular weight is 417 g/mol. The van der Waals surface area contributed by atoms with Crippen LogP contribution in [0.15, 0.2) is 60.0 Å². The van der Waals surface area contributed by atoms with Crippen LogP contribution < -0.4 is 4.74 Å². The number of benzene rings is 2. The van der Waals surface area contributed by atoms with E-state index >= 15 is 0 Å². The number of rotatable bonds is 7. The zero-order valence-electron chi connectivity index (χ0n) is 16.2. The molecule has 1 aliphatic heterocycles. The molecule has 1 aliphatic rings. The number of nitrogens with zero attached hydrogens (tertiary/aromatic N) is 3. The molecule has 9 heteroatoms. The Morgan fingerprint density at radius 2 is 1.83 bits per heavy atom. The minimum Gasteiger partial charge on any atom is -0.450 e. The van der Waals surface area contributed by atoms with Crippen molar-refractivity contribution in [1.29, 1.82) is 0 Å². The molecule has 1 saturated heterocycles. The maximum Gasteiger partial charge on any atom is 0.312 e. The van der Waals surface area contributed by atoms with Crippen molar-refractivity contribution >= 4 is 15.7 Å². The van der Waals surface area contributed by atoms with Gasteiger partial charge in [0, 0.05) is 32.2 Å². The molecular formula is C20H23N3O5S. The van der Waals surface area contributed by atoms with E-state index in [1.807, 2.05) is 24.1 Å². The topological polar surface area (TPSA) is 93.0 Å². The van der Waals surface area contributed by atoms with E-state index in [1.165, 1.54) is 16.4 Å². The highest BCUT2D eigenvalue weighted by Crippen LogP contribution is 2.35. The smallest absolute Gasteiger partial charge is 0.312 e. The van der Waals surface area contributed by atoms with Crippen LogP contribution in [-0.4, -0.2) is 55.8 Å². The summed E-state index contributed by atoms with van der Waals surface area (Å²) in [6, 6.07) is 10.9. The summed E-state index contributed by atoms with van der Waals surface area (Å²) < 4.78 is 33.0. The molecule has 2 aromatic rings. The Morgan fingerprint density at radius 1 is 1.14 bits per heavy atom.